The zero-order valence-corrected chi connectivity index (χ0v) is 13.8. The summed E-state index contributed by atoms with van der Waals surface area (Å²) in [6, 6.07) is 9.16. The summed E-state index contributed by atoms with van der Waals surface area (Å²) in [6.45, 7) is 5.29. The molecule has 0 radical (unpaired) electrons. The van der Waals surface area contributed by atoms with E-state index in [-0.39, 0.29) is 18.0 Å². The van der Waals surface area contributed by atoms with Crippen LogP contribution in [-0.4, -0.2) is 23.4 Å². The van der Waals surface area contributed by atoms with Crippen molar-refractivity contribution in [3.8, 4) is 0 Å². The minimum Gasteiger partial charge on any atom is -0.335 e. The quantitative estimate of drug-likeness (QED) is 0.909. The Labute approximate surface area is 133 Å². The molecule has 1 amide bonds. The second kappa shape index (κ2) is 6.41. The Kier molecular flexibility index (Phi) is 4.53. The Balaban J connectivity index is 1.83. The van der Waals surface area contributed by atoms with Crippen LogP contribution >= 0.6 is 0 Å². The molecule has 1 aromatic rings. The summed E-state index contributed by atoms with van der Waals surface area (Å²) in [5.74, 6) is 1.01. The number of carbonyl (C=O) groups is 1. The molecule has 0 bridgehead atoms. The topological polar surface area (TPSA) is 46.3 Å². The molecular formula is C19H28N2O. The molecule has 4 unspecified atom stereocenters. The maximum absolute atomic E-state index is 13.0. The monoisotopic (exact) mass is 300 g/mol. The van der Waals surface area contributed by atoms with Crippen LogP contribution < -0.4 is 5.73 Å². The number of rotatable bonds is 2. The van der Waals surface area contributed by atoms with Gasteiger partial charge < -0.3 is 10.6 Å². The van der Waals surface area contributed by atoms with Gasteiger partial charge in [-0.3, -0.25) is 4.79 Å². The molecule has 120 valence electrons. The van der Waals surface area contributed by atoms with Gasteiger partial charge in [-0.2, -0.15) is 0 Å². The average molecular weight is 300 g/mol. The van der Waals surface area contributed by atoms with Crippen LogP contribution in [0.5, 0.6) is 0 Å². The molecule has 22 heavy (non-hydrogen) atoms. The first-order valence-electron chi connectivity index (χ1n) is 8.69. The van der Waals surface area contributed by atoms with Crippen LogP contribution in [0.1, 0.15) is 56.2 Å². The van der Waals surface area contributed by atoms with Crippen LogP contribution in [0, 0.1) is 18.8 Å². The van der Waals surface area contributed by atoms with Crippen molar-refractivity contribution in [1.29, 1.82) is 0 Å². The van der Waals surface area contributed by atoms with Crippen LogP contribution in [0.15, 0.2) is 24.3 Å². The molecule has 0 aromatic heterocycles. The molecule has 2 N–H and O–H groups in total. The molecule has 4 atom stereocenters. The van der Waals surface area contributed by atoms with Gasteiger partial charge in [0, 0.05) is 18.5 Å². The largest absolute Gasteiger partial charge is 0.335 e. The number of benzene rings is 1. The Hall–Kier alpha value is -1.35. The molecule has 3 rings (SSSR count). The van der Waals surface area contributed by atoms with E-state index in [4.69, 9.17) is 5.73 Å². The highest BCUT2D eigenvalue weighted by Crippen LogP contribution is 2.38. The lowest BCUT2D eigenvalue weighted by molar-refractivity contribution is -0.140. The Morgan fingerprint density at radius 2 is 1.91 bits per heavy atom. The summed E-state index contributed by atoms with van der Waals surface area (Å²) >= 11 is 0. The Bertz CT molecular complexity index is 525. The third kappa shape index (κ3) is 3.05. The first kappa shape index (κ1) is 15.5. The lowest BCUT2D eigenvalue weighted by atomic mass is 9.85. The number of nitrogens with zero attached hydrogens (tertiary/aromatic N) is 1. The molecule has 1 aromatic carbocycles. The summed E-state index contributed by atoms with van der Waals surface area (Å²) in [5, 5.41) is 0. The molecule has 3 heteroatoms. The van der Waals surface area contributed by atoms with Crippen molar-refractivity contribution < 1.29 is 4.79 Å². The van der Waals surface area contributed by atoms with Crippen LogP contribution in [0.3, 0.4) is 0 Å². The first-order valence-corrected chi connectivity index (χ1v) is 8.69. The second-order valence-corrected chi connectivity index (χ2v) is 7.28. The van der Waals surface area contributed by atoms with E-state index in [1.54, 1.807) is 0 Å². The van der Waals surface area contributed by atoms with Gasteiger partial charge in [0.25, 0.3) is 0 Å². The van der Waals surface area contributed by atoms with Crippen LogP contribution in [0.4, 0.5) is 0 Å². The lowest BCUT2D eigenvalue weighted by Crippen LogP contribution is -2.44. The van der Waals surface area contributed by atoms with Gasteiger partial charge in [0.15, 0.2) is 0 Å². The second-order valence-electron chi connectivity index (χ2n) is 7.28. The van der Waals surface area contributed by atoms with Crippen molar-refractivity contribution in [1.82, 2.24) is 4.90 Å². The number of likely N-dealkylation sites (tertiary alicyclic amines) is 1. The summed E-state index contributed by atoms with van der Waals surface area (Å²) < 4.78 is 0. The average Bonchev–Trinajstić information content (AvgIpc) is 2.94. The molecule has 3 nitrogen and oxygen atoms in total. The fraction of sp³-hybridized carbons (Fsp3) is 0.632. The van der Waals surface area contributed by atoms with Gasteiger partial charge in [-0.15, -0.1) is 0 Å². The Morgan fingerprint density at radius 1 is 1.18 bits per heavy atom. The number of carbonyl (C=O) groups excluding carboxylic acids is 1. The van der Waals surface area contributed by atoms with Crippen molar-refractivity contribution in [2.24, 2.45) is 17.6 Å². The van der Waals surface area contributed by atoms with Crippen LogP contribution in [0.25, 0.3) is 0 Å². The van der Waals surface area contributed by atoms with Crippen molar-refractivity contribution >= 4 is 5.91 Å². The van der Waals surface area contributed by atoms with E-state index in [1.165, 1.54) is 17.5 Å². The lowest BCUT2D eigenvalue weighted by Gasteiger charge is -2.41. The van der Waals surface area contributed by atoms with Crippen LogP contribution in [-0.2, 0) is 4.79 Å². The van der Waals surface area contributed by atoms with Crippen LogP contribution in [0.2, 0.25) is 0 Å². The molecule has 1 heterocycles. The van der Waals surface area contributed by atoms with E-state index >= 15 is 0 Å². The maximum Gasteiger partial charge on any atom is 0.226 e. The predicted octanol–water partition coefficient (Wildman–Crippen LogP) is 3.42. The van der Waals surface area contributed by atoms with Gasteiger partial charge in [-0.25, -0.2) is 0 Å². The molecule has 2 fully saturated rings. The van der Waals surface area contributed by atoms with E-state index in [9.17, 15) is 4.79 Å². The standard InChI is InChI=1S/C19H28N2O/c1-13-5-7-15(8-6-13)18-14(2)4-3-11-21(18)19(22)16-9-10-17(20)12-16/h5-8,14,16-18H,3-4,9-12,20H2,1-2H3. The van der Waals surface area contributed by atoms with Crippen molar-refractivity contribution in [2.75, 3.05) is 6.54 Å². The SMILES string of the molecule is Cc1ccc(C2C(C)CCCN2C(=O)C2CCC(N)C2)cc1. The zero-order valence-electron chi connectivity index (χ0n) is 13.8. The minimum atomic E-state index is 0.147. The van der Waals surface area contributed by atoms with E-state index in [1.807, 2.05) is 0 Å². The fourth-order valence-electron chi connectivity index (χ4n) is 4.18. The van der Waals surface area contributed by atoms with Gasteiger partial charge in [0.2, 0.25) is 5.91 Å². The molecule has 1 saturated heterocycles. The highest BCUT2D eigenvalue weighted by Gasteiger charge is 2.38. The first-order chi connectivity index (χ1) is 10.6. The zero-order chi connectivity index (χ0) is 15.7. The van der Waals surface area contributed by atoms with E-state index in [2.05, 4.69) is 43.0 Å². The number of piperidine rings is 1. The third-order valence-electron chi connectivity index (χ3n) is 5.46. The summed E-state index contributed by atoms with van der Waals surface area (Å²) in [6.07, 6.45) is 5.14. The van der Waals surface area contributed by atoms with Crippen molar-refractivity contribution in [3.05, 3.63) is 35.4 Å². The third-order valence-corrected chi connectivity index (χ3v) is 5.46. The van der Waals surface area contributed by atoms with E-state index < -0.39 is 0 Å². The number of hydrogen-bond donors (Lipinski definition) is 1. The highest BCUT2D eigenvalue weighted by atomic mass is 16.2. The number of aryl methyl sites for hydroxylation is 1. The summed E-state index contributed by atoms with van der Waals surface area (Å²) in [7, 11) is 0. The smallest absolute Gasteiger partial charge is 0.226 e. The molecule has 1 saturated carbocycles. The highest BCUT2D eigenvalue weighted by molar-refractivity contribution is 5.80. The van der Waals surface area contributed by atoms with Gasteiger partial charge in [0.05, 0.1) is 6.04 Å². The van der Waals surface area contributed by atoms with Gasteiger partial charge in [-0.05, 0) is 50.5 Å². The molecular weight excluding hydrogens is 272 g/mol. The van der Waals surface area contributed by atoms with E-state index in [0.29, 0.717) is 11.8 Å². The molecule has 1 aliphatic heterocycles. The maximum atomic E-state index is 13.0. The number of amides is 1. The van der Waals surface area contributed by atoms with Crippen molar-refractivity contribution in [2.45, 2.75) is 58.0 Å². The molecule has 1 aliphatic carbocycles. The Morgan fingerprint density at radius 3 is 2.55 bits per heavy atom. The van der Waals surface area contributed by atoms with Crippen molar-refractivity contribution in [3.63, 3.8) is 0 Å². The fourth-order valence-corrected chi connectivity index (χ4v) is 4.18. The summed E-state index contributed by atoms with van der Waals surface area (Å²) in [4.78, 5) is 15.2. The summed E-state index contributed by atoms with van der Waals surface area (Å²) in [5.41, 5.74) is 8.57. The predicted molar refractivity (Wildman–Crippen MR) is 89.3 cm³/mol. The number of hydrogen-bond acceptors (Lipinski definition) is 2. The van der Waals surface area contributed by atoms with Gasteiger partial charge in [-0.1, -0.05) is 36.8 Å². The normalized spacial score (nSPS) is 32.2. The minimum absolute atomic E-state index is 0.147. The van der Waals surface area contributed by atoms with E-state index in [0.717, 1.165) is 32.2 Å². The molecule has 2 aliphatic rings. The molecule has 0 spiro atoms. The number of nitrogens with two attached hydrogens (primary N) is 1. The van der Waals surface area contributed by atoms with Gasteiger partial charge in [0.1, 0.15) is 0 Å². The van der Waals surface area contributed by atoms with Gasteiger partial charge >= 0.3 is 0 Å².